The Balaban J connectivity index is 1.43. The number of aryl methyl sites for hydroxylation is 1. The first-order valence-electron chi connectivity index (χ1n) is 11.5. The number of carbonyl (C=O) groups excluding carboxylic acids is 1. The zero-order chi connectivity index (χ0) is 26.1. The molecule has 2 aliphatic rings. The van der Waals surface area contributed by atoms with Gasteiger partial charge in [-0.05, 0) is 61.6 Å². The van der Waals surface area contributed by atoms with E-state index in [2.05, 4.69) is 9.97 Å². The predicted molar refractivity (Wildman–Crippen MR) is 120 cm³/mol. The number of sulfonamides is 1. The summed E-state index contributed by atoms with van der Waals surface area (Å²) in [7, 11) is -4.21. The number of hydrogen-bond donors (Lipinski definition) is 0. The molecule has 2 aromatic rings. The van der Waals surface area contributed by atoms with Gasteiger partial charge in [-0.25, -0.2) is 27.2 Å². The normalized spacial score (nSPS) is 23.5. The molecule has 1 aliphatic carbocycles. The molecule has 0 saturated carbocycles. The molecule has 0 spiro atoms. The summed E-state index contributed by atoms with van der Waals surface area (Å²) in [5.74, 6) is -2.48. The van der Waals surface area contributed by atoms with E-state index in [0.717, 1.165) is 28.6 Å². The number of halogens is 5. The van der Waals surface area contributed by atoms with Gasteiger partial charge in [-0.1, -0.05) is 6.08 Å². The molecule has 0 amide bonds. The second kappa shape index (κ2) is 10.3. The van der Waals surface area contributed by atoms with Gasteiger partial charge in [-0.2, -0.15) is 17.5 Å². The lowest BCUT2D eigenvalue weighted by atomic mass is 9.87. The Morgan fingerprint density at radius 3 is 2.50 bits per heavy atom. The number of aromatic nitrogens is 2. The number of hydrogen-bond acceptors (Lipinski definition) is 5. The summed E-state index contributed by atoms with van der Waals surface area (Å²) in [5.41, 5.74) is 1.63. The van der Waals surface area contributed by atoms with Crippen LogP contribution in [0.4, 0.5) is 22.0 Å². The number of ketones is 1. The maximum absolute atomic E-state index is 14.2. The van der Waals surface area contributed by atoms with Gasteiger partial charge >= 0.3 is 6.18 Å². The van der Waals surface area contributed by atoms with E-state index in [1.54, 1.807) is 6.07 Å². The monoisotopic (exact) mass is 529 g/mol. The number of alkyl halides is 4. The van der Waals surface area contributed by atoms with Crippen molar-refractivity contribution < 1.29 is 35.2 Å². The highest BCUT2D eigenvalue weighted by molar-refractivity contribution is 7.89. The van der Waals surface area contributed by atoms with Gasteiger partial charge in [-0.15, -0.1) is 0 Å². The van der Waals surface area contributed by atoms with Crippen molar-refractivity contribution in [3.8, 4) is 0 Å². The summed E-state index contributed by atoms with van der Waals surface area (Å²) in [4.78, 5) is 21.0. The molecule has 3 atom stereocenters. The molecule has 1 saturated heterocycles. The van der Waals surface area contributed by atoms with Gasteiger partial charge in [0.15, 0.2) is 5.78 Å². The lowest BCUT2D eigenvalue weighted by Crippen LogP contribution is -2.40. The van der Waals surface area contributed by atoms with Crippen LogP contribution in [0.2, 0.25) is 0 Å². The number of carbonyl (C=O) groups is 1. The number of Topliss-reactive ketones (excluding diaryl/α,β-unsaturated/α-hetero) is 1. The highest BCUT2D eigenvalue weighted by atomic mass is 32.2. The number of rotatable bonds is 7. The SMILES string of the molecule is O=C(CCc1cc(C2=CC[C@@H](C(F)(F)F)CC2)ncn1)[C@@H]1C[C@@H](F)CN1S(=O)(=O)c1ccc(F)cc1. The van der Waals surface area contributed by atoms with Gasteiger partial charge in [-0.3, -0.25) is 4.79 Å². The minimum Gasteiger partial charge on any atom is -0.298 e. The molecule has 4 rings (SSSR count). The largest absolute Gasteiger partial charge is 0.392 e. The molecule has 0 radical (unpaired) electrons. The maximum atomic E-state index is 14.2. The van der Waals surface area contributed by atoms with Gasteiger partial charge in [0.25, 0.3) is 0 Å². The molecule has 2 heterocycles. The van der Waals surface area contributed by atoms with Crippen molar-refractivity contribution in [3.63, 3.8) is 0 Å². The third-order valence-electron chi connectivity index (χ3n) is 6.55. The highest BCUT2D eigenvalue weighted by Gasteiger charge is 2.44. The van der Waals surface area contributed by atoms with E-state index in [4.69, 9.17) is 0 Å². The number of nitrogens with zero attached hydrogens (tertiary/aromatic N) is 3. The van der Waals surface area contributed by atoms with Gasteiger partial charge in [0.2, 0.25) is 10.0 Å². The average molecular weight is 530 g/mol. The van der Waals surface area contributed by atoms with Crippen LogP contribution < -0.4 is 0 Å². The topological polar surface area (TPSA) is 80.2 Å². The Morgan fingerprint density at radius 2 is 1.86 bits per heavy atom. The molecule has 0 N–H and O–H groups in total. The van der Waals surface area contributed by atoms with Crippen LogP contribution in [0, 0.1) is 11.7 Å². The Hall–Kier alpha value is -2.73. The molecule has 1 fully saturated rings. The molecule has 1 aromatic carbocycles. The number of allylic oxidation sites excluding steroid dienone is 2. The van der Waals surface area contributed by atoms with Crippen LogP contribution in [0.3, 0.4) is 0 Å². The van der Waals surface area contributed by atoms with Gasteiger partial charge in [0.1, 0.15) is 18.3 Å². The standard InChI is InChI=1S/C24H24F5N3O3S/c25-17-5-8-20(9-6-17)36(34,35)32-13-18(26)11-22(32)23(33)10-7-19-12-21(31-14-30-19)15-1-3-16(4-2-15)24(27,28)29/h1,5-6,8-9,12,14,16,18,22H,2-4,7,10-11,13H2/t16-,18-,22+/m1/s1. The fourth-order valence-corrected chi connectivity index (χ4v) is 6.20. The van der Waals surface area contributed by atoms with Crippen molar-refractivity contribution in [2.75, 3.05) is 6.54 Å². The van der Waals surface area contributed by atoms with Crippen molar-refractivity contribution in [3.05, 3.63) is 59.9 Å². The summed E-state index contributed by atoms with van der Waals surface area (Å²) < 4.78 is 92.9. The molecule has 1 aromatic heterocycles. The van der Waals surface area contributed by atoms with Crippen molar-refractivity contribution >= 4 is 21.4 Å². The molecule has 0 unspecified atom stereocenters. The van der Waals surface area contributed by atoms with Crippen LogP contribution in [-0.2, 0) is 21.2 Å². The van der Waals surface area contributed by atoms with Crippen molar-refractivity contribution in [1.29, 1.82) is 0 Å². The zero-order valence-electron chi connectivity index (χ0n) is 19.1. The fourth-order valence-electron chi connectivity index (χ4n) is 4.55. The number of benzene rings is 1. The van der Waals surface area contributed by atoms with Gasteiger partial charge in [0, 0.05) is 25.1 Å². The van der Waals surface area contributed by atoms with E-state index >= 15 is 0 Å². The van der Waals surface area contributed by atoms with E-state index < -0.39 is 52.5 Å². The molecular weight excluding hydrogens is 505 g/mol. The summed E-state index contributed by atoms with van der Waals surface area (Å²) in [6.45, 7) is -0.471. The fraction of sp³-hybridized carbons (Fsp3) is 0.458. The van der Waals surface area contributed by atoms with E-state index in [9.17, 15) is 35.2 Å². The van der Waals surface area contributed by atoms with Gasteiger partial charge in [0.05, 0.1) is 22.5 Å². The third kappa shape index (κ3) is 5.80. The zero-order valence-corrected chi connectivity index (χ0v) is 19.9. The summed E-state index contributed by atoms with van der Waals surface area (Å²) in [6.07, 6.45) is -3.16. The Morgan fingerprint density at radius 1 is 1.14 bits per heavy atom. The van der Waals surface area contributed by atoms with E-state index in [-0.39, 0.29) is 43.4 Å². The quantitative estimate of drug-likeness (QED) is 0.488. The van der Waals surface area contributed by atoms with Crippen LogP contribution in [0.5, 0.6) is 0 Å². The molecule has 6 nitrogen and oxygen atoms in total. The van der Waals surface area contributed by atoms with Crippen molar-refractivity contribution in [1.82, 2.24) is 14.3 Å². The average Bonchev–Trinajstić information content (AvgIpc) is 3.25. The molecule has 1 aliphatic heterocycles. The summed E-state index contributed by atoms with van der Waals surface area (Å²) in [6, 6.07) is 4.49. The van der Waals surface area contributed by atoms with Crippen LogP contribution in [0.1, 0.15) is 43.5 Å². The van der Waals surface area contributed by atoms with E-state index in [1.165, 1.54) is 12.4 Å². The van der Waals surface area contributed by atoms with Crippen LogP contribution in [0.15, 0.2) is 47.6 Å². The van der Waals surface area contributed by atoms with Crippen molar-refractivity contribution in [2.45, 2.75) is 61.8 Å². The minimum absolute atomic E-state index is 0.0302. The molecule has 36 heavy (non-hydrogen) atoms. The first kappa shape index (κ1) is 26.3. The van der Waals surface area contributed by atoms with Crippen LogP contribution in [-0.4, -0.2) is 53.4 Å². The predicted octanol–water partition coefficient (Wildman–Crippen LogP) is 4.66. The summed E-state index contributed by atoms with van der Waals surface area (Å²) in [5, 5.41) is 0. The smallest absolute Gasteiger partial charge is 0.298 e. The Kier molecular flexibility index (Phi) is 7.56. The third-order valence-corrected chi connectivity index (χ3v) is 8.44. The minimum atomic E-state index is -4.24. The lowest BCUT2D eigenvalue weighted by molar-refractivity contribution is -0.175. The second-order valence-electron chi connectivity index (χ2n) is 8.98. The summed E-state index contributed by atoms with van der Waals surface area (Å²) >= 11 is 0. The van der Waals surface area contributed by atoms with Crippen LogP contribution >= 0.6 is 0 Å². The molecule has 0 bridgehead atoms. The molecule has 12 heteroatoms. The molecule has 194 valence electrons. The van der Waals surface area contributed by atoms with Gasteiger partial charge < -0.3 is 0 Å². The first-order chi connectivity index (χ1) is 16.9. The Labute approximate surface area is 205 Å². The second-order valence-corrected chi connectivity index (χ2v) is 10.9. The highest BCUT2D eigenvalue weighted by Crippen LogP contribution is 2.39. The Bertz CT molecular complexity index is 1250. The maximum Gasteiger partial charge on any atom is 0.392 e. The molecular formula is C24H24F5N3O3S. The first-order valence-corrected chi connectivity index (χ1v) is 12.9. The van der Waals surface area contributed by atoms with Crippen LogP contribution in [0.25, 0.3) is 5.57 Å². The lowest BCUT2D eigenvalue weighted by Gasteiger charge is -2.24. The van der Waals surface area contributed by atoms with Crippen molar-refractivity contribution in [2.24, 2.45) is 5.92 Å². The van der Waals surface area contributed by atoms with E-state index in [1.807, 2.05) is 0 Å². The van der Waals surface area contributed by atoms with E-state index in [0.29, 0.717) is 17.0 Å².